The molecule has 0 aliphatic carbocycles. The second-order valence-electron chi connectivity index (χ2n) is 4.92. The van der Waals surface area contributed by atoms with Crippen LogP contribution in [0.1, 0.15) is 19.3 Å². The number of rotatable bonds is 4. The van der Waals surface area contributed by atoms with Crippen LogP contribution in [0.15, 0.2) is 37.1 Å². The van der Waals surface area contributed by atoms with Gasteiger partial charge in [0.2, 0.25) is 5.91 Å². The maximum Gasteiger partial charge on any atom is 0.225 e. The van der Waals surface area contributed by atoms with Gasteiger partial charge < -0.3 is 10.6 Å². The Hall–Kier alpha value is -1.63. The van der Waals surface area contributed by atoms with Gasteiger partial charge in [-0.3, -0.25) is 9.36 Å². The number of amides is 1. The maximum atomic E-state index is 11.9. The van der Waals surface area contributed by atoms with Crippen LogP contribution in [0.2, 0.25) is 0 Å². The van der Waals surface area contributed by atoms with Crippen LogP contribution in [0.5, 0.6) is 0 Å². The van der Waals surface area contributed by atoms with Gasteiger partial charge in [0.1, 0.15) is 12.1 Å². The predicted molar refractivity (Wildman–Crippen MR) is 90.1 cm³/mol. The van der Waals surface area contributed by atoms with Gasteiger partial charge in [0.25, 0.3) is 0 Å². The minimum absolute atomic E-state index is 0. The Bertz CT molecular complexity index is 567. The lowest BCUT2D eigenvalue weighted by Gasteiger charge is -2.10. The van der Waals surface area contributed by atoms with Crippen molar-refractivity contribution < 1.29 is 4.79 Å². The molecule has 1 aliphatic rings. The summed E-state index contributed by atoms with van der Waals surface area (Å²) in [4.78, 5) is 20.2. The van der Waals surface area contributed by atoms with Crippen molar-refractivity contribution in [1.29, 1.82) is 0 Å². The molecular formula is C14H19Cl2N5O. The van der Waals surface area contributed by atoms with Crippen LogP contribution < -0.4 is 10.6 Å². The second kappa shape index (κ2) is 8.73. The molecule has 1 atom stereocenters. The van der Waals surface area contributed by atoms with Crippen molar-refractivity contribution >= 4 is 36.4 Å². The molecule has 0 spiro atoms. The maximum absolute atomic E-state index is 11.9. The number of carbonyl (C=O) groups excluding carboxylic acids is 1. The van der Waals surface area contributed by atoms with E-state index in [1.54, 1.807) is 18.7 Å². The molecule has 3 rings (SSSR count). The highest BCUT2D eigenvalue weighted by Gasteiger charge is 2.17. The van der Waals surface area contributed by atoms with E-state index in [2.05, 4.69) is 20.6 Å². The molecule has 2 N–H and O–H groups in total. The Labute approximate surface area is 141 Å². The lowest BCUT2D eigenvalue weighted by Crippen LogP contribution is -2.27. The van der Waals surface area contributed by atoms with Crippen molar-refractivity contribution in [2.24, 2.45) is 0 Å². The van der Waals surface area contributed by atoms with E-state index in [0.29, 0.717) is 12.5 Å². The molecule has 8 heteroatoms. The topological polar surface area (TPSA) is 71.8 Å². The highest BCUT2D eigenvalue weighted by atomic mass is 35.5. The summed E-state index contributed by atoms with van der Waals surface area (Å²) in [6.07, 6.45) is 9.62. The van der Waals surface area contributed by atoms with Gasteiger partial charge in [-0.25, -0.2) is 9.97 Å². The molecule has 0 aromatic carbocycles. The van der Waals surface area contributed by atoms with Gasteiger partial charge in [-0.05, 0) is 31.5 Å². The van der Waals surface area contributed by atoms with Crippen LogP contribution in [0.4, 0.5) is 5.69 Å². The van der Waals surface area contributed by atoms with E-state index < -0.39 is 0 Å². The number of hydrogen-bond donors (Lipinski definition) is 2. The van der Waals surface area contributed by atoms with Gasteiger partial charge in [0, 0.05) is 24.9 Å². The summed E-state index contributed by atoms with van der Waals surface area (Å²) in [5.41, 5.74) is 0.719. The van der Waals surface area contributed by atoms with E-state index in [1.807, 2.05) is 22.9 Å². The molecule has 0 bridgehead atoms. The summed E-state index contributed by atoms with van der Waals surface area (Å²) in [5.74, 6) is 0.805. The highest BCUT2D eigenvalue weighted by molar-refractivity contribution is 5.91. The Kier molecular flexibility index (Phi) is 7.31. The van der Waals surface area contributed by atoms with Crippen LogP contribution in [-0.2, 0) is 4.79 Å². The molecule has 120 valence electrons. The lowest BCUT2D eigenvalue weighted by atomic mass is 10.1. The number of pyridine rings is 1. The SMILES string of the molecule is Cl.Cl.O=C(CC1CCCN1)Nc1ccc(-n2ccnc2)nc1. The fraction of sp³-hybridized carbons (Fsp3) is 0.357. The third-order valence-electron chi connectivity index (χ3n) is 3.39. The first kappa shape index (κ1) is 18.4. The summed E-state index contributed by atoms with van der Waals surface area (Å²) in [5, 5.41) is 6.19. The van der Waals surface area contributed by atoms with Gasteiger partial charge in [0.05, 0.1) is 11.9 Å². The minimum Gasteiger partial charge on any atom is -0.325 e. The number of nitrogens with one attached hydrogen (secondary N) is 2. The number of nitrogens with zero attached hydrogens (tertiary/aromatic N) is 3. The molecule has 1 saturated heterocycles. The molecular weight excluding hydrogens is 325 g/mol. The standard InChI is InChI=1S/C14H17N5O.2ClH/c20-14(8-11-2-1-5-16-11)18-12-3-4-13(17-9-12)19-7-6-15-10-19;;/h3-4,6-7,9-11,16H,1-2,5,8H2,(H,18,20);2*1H. The molecule has 0 saturated carbocycles. The molecule has 1 unspecified atom stereocenters. The molecule has 0 radical (unpaired) electrons. The largest absolute Gasteiger partial charge is 0.325 e. The van der Waals surface area contributed by atoms with Gasteiger partial charge >= 0.3 is 0 Å². The number of carbonyl (C=O) groups is 1. The van der Waals surface area contributed by atoms with Crippen molar-refractivity contribution in [2.45, 2.75) is 25.3 Å². The summed E-state index contributed by atoms with van der Waals surface area (Å²) >= 11 is 0. The van der Waals surface area contributed by atoms with E-state index >= 15 is 0 Å². The van der Waals surface area contributed by atoms with Crippen molar-refractivity contribution in [3.05, 3.63) is 37.1 Å². The second-order valence-corrected chi connectivity index (χ2v) is 4.92. The fourth-order valence-electron chi connectivity index (χ4n) is 2.37. The summed E-state index contributed by atoms with van der Waals surface area (Å²) in [6.45, 7) is 1.01. The number of hydrogen-bond acceptors (Lipinski definition) is 4. The Morgan fingerprint density at radius 2 is 2.27 bits per heavy atom. The van der Waals surface area contributed by atoms with Crippen molar-refractivity contribution in [1.82, 2.24) is 19.9 Å². The number of imidazole rings is 1. The Morgan fingerprint density at radius 3 is 2.86 bits per heavy atom. The zero-order valence-electron chi connectivity index (χ0n) is 11.9. The van der Waals surface area contributed by atoms with Crippen LogP contribution in [-0.4, -0.2) is 33.0 Å². The molecule has 6 nitrogen and oxygen atoms in total. The summed E-state index contributed by atoms with van der Waals surface area (Å²) < 4.78 is 1.81. The molecule has 22 heavy (non-hydrogen) atoms. The smallest absolute Gasteiger partial charge is 0.225 e. The fourth-order valence-corrected chi connectivity index (χ4v) is 2.37. The third kappa shape index (κ3) is 4.69. The van der Waals surface area contributed by atoms with Crippen molar-refractivity contribution in [3.63, 3.8) is 0 Å². The van der Waals surface area contributed by atoms with Crippen LogP contribution >= 0.6 is 24.8 Å². The predicted octanol–water partition coefficient (Wildman–Crippen LogP) is 2.19. The van der Waals surface area contributed by atoms with E-state index in [9.17, 15) is 4.79 Å². The third-order valence-corrected chi connectivity index (χ3v) is 3.39. The van der Waals surface area contributed by atoms with Crippen molar-refractivity contribution in [2.75, 3.05) is 11.9 Å². The summed E-state index contributed by atoms with van der Waals surface area (Å²) in [7, 11) is 0. The van der Waals surface area contributed by atoms with Gasteiger partial charge in [0.15, 0.2) is 0 Å². The minimum atomic E-state index is 0. The van der Waals surface area contributed by atoms with Crippen LogP contribution in [0, 0.1) is 0 Å². The first-order chi connectivity index (χ1) is 9.81. The van der Waals surface area contributed by atoms with E-state index in [-0.39, 0.29) is 30.7 Å². The highest BCUT2D eigenvalue weighted by Crippen LogP contribution is 2.12. The normalized spacial score (nSPS) is 16.5. The first-order valence-electron chi connectivity index (χ1n) is 6.79. The molecule has 1 amide bonds. The monoisotopic (exact) mass is 343 g/mol. The van der Waals surface area contributed by atoms with Gasteiger partial charge in [-0.1, -0.05) is 0 Å². The Balaban J connectivity index is 0.00000121. The molecule has 1 aliphatic heterocycles. The van der Waals surface area contributed by atoms with Crippen molar-refractivity contribution in [3.8, 4) is 5.82 Å². The number of anilines is 1. The van der Waals surface area contributed by atoms with Crippen LogP contribution in [0.25, 0.3) is 5.82 Å². The van der Waals surface area contributed by atoms with E-state index in [4.69, 9.17) is 0 Å². The molecule has 3 heterocycles. The van der Waals surface area contributed by atoms with Crippen LogP contribution in [0.3, 0.4) is 0 Å². The number of halogens is 2. The lowest BCUT2D eigenvalue weighted by molar-refractivity contribution is -0.116. The zero-order chi connectivity index (χ0) is 13.8. The number of aromatic nitrogens is 3. The van der Waals surface area contributed by atoms with E-state index in [1.165, 1.54) is 0 Å². The molecule has 1 fully saturated rings. The summed E-state index contributed by atoms with van der Waals surface area (Å²) in [6, 6.07) is 4.01. The first-order valence-corrected chi connectivity index (χ1v) is 6.79. The van der Waals surface area contributed by atoms with Gasteiger partial charge in [-0.2, -0.15) is 0 Å². The van der Waals surface area contributed by atoms with Gasteiger partial charge in [-0.15, -0.1) is 24.8 Å². The molecule has 2 aromatic rings. The molecule has 2 aromatic heterocycles. The van der Waals surface area contributed by atoms with E-state index in [0.717, 1.165) is 30.9 Å². The Morgan fingerprint density at radius 1 is 1.41 bits per heavy atom. The average molecular weight is 344 g/mol. The zero-order valence-corrected chi connectivity index (χ0v) is 13.6. The average Bonchev–Trinajstić information content (AvgIpc) is 3.12. The quantitative estimate of drug-likeness (QED) is 0.892.